The summed E-state index contributed by atoms with van der Waals surface area (Å²) in [6, 6.07) is 19.6. The second kappa shape index (κ2) is 11.6. The lowest BCUT2D eigenvalue weighted by Gasteiger charge is -2.19. The van der Waals surface area contributed by atoms with E-state index in [1.165, 1.54) is 0 Å². The highest BCUT2D eigenvalue weighted by Crippen LogP contribution is 2.32. The molecule has 35 heavy (non-hydrogen) atoms. The Morgan fingerprint density at radius 2 is 1.86 bits per heavy atom. The molecule has 7 heteroatoms. The molecule has 2 amide bonds. The Hall–Kier alpha value is -3.71. The van der Waals surface area contributed by atoms with Gasteiger partial charge in [0.2, 0.25) is 5.91 Å². The number of hydrogen-bond acceptors (Lipinski definition) is 5. The van der Waals surface area contributed by atoms with E-state index >= 15 is 0 Å². The molecular formula is C28H32N4O3. The van der Waals surface area contributed by atoms with Crippen LogP contribution in [0.1, 0.15) is 33.0 Å². The molecule has 4 rings (SSSR count). The number of pyridine rings is 1. The summed E-state index contributed by atoms with van der Waals surface area (Å²) in [7, 11) is 3.70. The Kier molecular flexibility index (Phi) is 8.11. The van der Waals surface area contributed by atoms with Gasteiger partial charge in [-0.05, 0) is 54.4 Å². The van der Waals surface area contributed by atoms with E-state index in [0.29, 0.717) is 18.7 Å². The quantitative estimate of drug-likeness (QED) is 0.500. The summed E-state index contributed by atoms with van der Waals surface area (Å²) in [5, 5.41) is 6.09. The Morgan fingerprint density at radius 3 is 2.60 bits per heavy atom. The number of rotatable bonds is 9. The molecule has 7 nitrogen and oxygen atoms in total. The molecule has 1 saturated heterocycles. The highest BCUT2D eigenvalue weighted by molar-refractivity contribution is 5.93. The number of amides is 2. The van der Waals surface area contributed by atoms with Crippen molar-refractivity contribution >= 4 is 11.8 Å². The van der Waals surface area contributed by atoms with Crippen molar-refractivity contribution in [3.05, 3.63) is 95.3 Å². The lowest BCUT2D eigenvalue weighted by molar-refractivity contribution is -0.124. The maximum absolute atomic E-state index is 13.1. The van der Waals surface area contributed by atoms with E-state index in [2.05, 4.69) is 39.7 Å². The summed E-state index contributed by atoms with van der Waals surface area (Å²) in [6.45, 7) is 2.56. The molecule has 2 N–H and O–H groups in total. The molecule has 0 unspecified atom stereocenters. The van der Waals surface area contributed by atoms with E-state index < -0.39 is 0 Å². The topological polar surface area (TPSA) is 83.6 Å². The molecule has 0 radical (unpaired) electrons. The average Bonchev–Trinajstić information content (AvgIpc) is 3.30. The average molecular weight is 473 g/mol. The number of methoxy groups -OCH3 is 1. The van der Waals surface area contributed by atoms with Crippen LogP contribution in [-0.2, 0) is 17.8 Å². The SMILES string of the molecule is COc1ccc(CCNC(=O)[C@@H]2CN(C)C[C@H]2c2cccc(CNC(=O)c3cccnc3)c2)cc1. The minimum absolute atomic E-state index is 0.0862. The van der Waals surface area contributed by atoms with Crippen molar-refractivity contribution in [2.75, 3.05) is 33.8 Å². The van der Waals surface area contributed by atoms with Crippen LogP contribution in [0.15, 0.2) is 73.1 Å². The molecule has 2 heterocycles. The van der Waals surface area contributed by atoms with Gasteiger partial charge in [-0.25, -0.2) is 0 Å². The van der Waals surface area contributed by atoms with E-state index in [-0.39, 0.29) is 23.7 Å². The Labute approximate surface area is 206 Å². The normalized spacial score (nSPS) is 17.7. The van der Waals surface area contributed by atoms with Gasteiger partial charge in [0.05, 0.1) is 18.6 Å². The summed E-state index contributed by atoms with van der Waals surface area (Å²) in [5.74, 6) is 0.751. The van der Waals surface area contributed by atoms with E-state index in [9.17, 15) is 9.59 Å². The molecule has 0 spiro atoms. The number of carbonyl (C=O) groups is 2. The molecule has 182 valence electrons. The van der Waals surface area contributed by atoms with Crippen molar-refractivity contribution in [1.82, 2.24) is 20.5 Å². The maximum atomic E-state index is 13.1. The van der Waals surface area contributed by atoms with Gasteiger partial charge in [-0.3, -0.25) is 14.6 Å². The van der Waals surface area contributed by atoms with Crippen LogP contribution >= 0.6 is 0 Å². The number of benzene rings is 2. The predicted octanol–water partition coefficient (Wildman–Crippen LogP) is 3.02. The van der Waals surface area contributed by atoms with Crippen molar-refractivity contribution in [2.45, 2.75) is 18.9 Å². The van der Waals surface area contributed by atoms with Crippen LogP contribution in [0, 0.1) is 5.92 Å². The molecule has 1 aliphatic rings. The number of likely N-dealkylation sites (N-methyl/N-ethyl adjacent to an activating group) is 1. The van der Waals surface area contributed by atoms with Crippen LogP contribution in [0.25, 0.3) is 0 Å². The molecule has 2 atom stereocenters. The third-order valence-electron chi connectivity index (χ3n) is 6.47. The van der Waals surface area contributed by atoms with Crippen molar-refractivity contribution in [2.24, 2.45) is 5.92 Å². The number of hydrogen-bond donors (Lipinski definition) is 2. The standard InChI is InChI=1S/C28H32N4O3/c1-32-18-25(26(19-32)28(34)30-14-12-20-8-10-24(35-2)11-9-20)22-6-3-5-21(15-22)16-31-27(33)23-7-4-13-29-17-23/h3-11,13,15,17,25-26H,12,14,16,18-19H2,1-2H3,(H,30,34)(H,31,33)/t25-,26+/m0/s1. The first-order valence-corrected chi connectivity index (χ1v) is 11.9. The van der Waals surface area contributed by atoms with Crippen molar-refractivity contribution in [1.29, 1.82) is 0 Å². The summed E-state index contributed by atoms with van der Waals surface area (Å²) < 4.78 is 5.20. The van der Waals surface area contributed by atoms with Gasteiger partial charge in [0.15, 0.2) is 0 Å². The van der Waals surface area contributed by atoms with Crippen molar-refractivity contribution < 1.29 is 14.3 Å². The number of nitrogens with one attached hydrogen (secondary N) is 2. The van der Waals surface area contributed by atoms with Gasteiger partial charge >= 0.3 is 0 Å². The molecule has 1 aliphatic heterocycles. The lowest BCUT2D eigenvalue weighted by atomic mass is 9.87. The number of aromatic nitrogens is 1. The zero-order valence-corrected chi connectivity index (χ0v) is 20.2. The van der Waals surface area contributed by atoms with Gasteiger partial charge in [0.1, 0.15) is 5.75 Å². The first-order chi connectivity index (χ1) is 17.0. The van der Waals surface area contributed by atoms with Gasteiger partial charge in [0, 0.05) is 44.5 Å². The highest BCUT2D eigenvalue weighted by atomic mass is 16.5. The molecule has 2 aromatic carbocycles. The Morgan fingerprint density at radius 1 is 1.03 bits per heavy atom. The van der Waals surface area contributed by atoms with Gasteiger partial charge in [-0.2, -0.15) is 0 Å². The first kappa shape index (κ1) is 24.4. The van der Waals surface area contributed by atoms with Crippen LogP contribution < -0.4 is 15.4 Å². The summed E-state index contributed by atoms with van der Waals surface area (Å²) in [4.78, 5) is 31.7. The predicted molar refractivity (Wildman–Crippen MR) is 135 cm³/mol. The maximum Gasteiger partial charge on any atom is 0.253 e. The second-order valence-corrected chi connectivity index (χ2v) is 8.99. The zero-order valence-electron chi connectivity index (χ0n) is 20.2. The van der Waals surface area contributed by atoms with Crippen LogP contribution in [0.5, 0.6) is 5.75 Å². The lowest BCUT2D eigenvalue weighted by Crippen LogP contribution is -2.35. The Balaban J connectivity index is 1.35. The molecular weight excluding hydrogens is 440 g/mol. The van der Waals surface area contributed by atoms with E-state index in [4.69, 9.17) is 4.74 Å². The molecule has 0 aliphatic carbocycles. The van der Waals surface area contributed by atoms with Crippen LogP contribution in [0.4, 0.5) is 0 Å². The van der Waals surface area contributed by atoms with Crippen molar-refractivity contribution in [3.63, 3.8) is 0 Å². The van der Waals surface area contributed by atoms with Crippen LogP contribution in [-0.4, -0.2) is 55.5 Å². The molecule has 3 aromatic rings. The van der Waals surface area contributed by atoms with Gasteiger partial charge in [0.25, 0.3) is 5.91 Å². The number of likely N-dealkylation sites (tertiary alicyclic amines) is 1. The molecule has 0 bridgehead atoms. The smallest absolute Gasteiger partial charge is 0.253 e. The van der Waals surface area contributed by atoms with Gasteiger partial charge in [-0.15, -0.1) is 0 Å². The molecule has 0 saturated carbocycles. The fourth-order valence-corrected chi connectivity index (χ4v) is 4.57. The summed E-state index contributed by atoms with van der Waals surface area (Å²) in [5.41, 5.74) is 3.82. The third-order valence-corrected chi connectivity index (χ3v) is 6.47. The third kappa shape index (κ3) is 6.45. The van der Waals surface area contributed by atoms with E-state index in [0.717, 1.165) is 42.0 Å². The fourth-order valence-electron chi connectivity index (χ4n) is 4.57. The van der Waals surface area contributed by atoms with Gasteiger partial charge in [-0.1, -0.05) is 36.4 Å². The fraction of sp³-hybridized carbons (Fsp3) is 0.321. The number of carbonyl (C=O) groups excluding carboxylic acids is 2. The molecule has 1 aromatic heterocycles. The largest absolute Gasteiger partial charge is 0.497 e. The minimum atomic E-state index is -0.154. The first-order valence-electron chi connectivity index (χ1n) is 11.9. The summed E-state index contributed by atoms with van der Waals surface area (Å²) >= 11 is 0. The Bertz CT molecular complexity index is 1130. The van der Waals surface area contributed by atoms with Crippen molar-refractivity contribution in [3.8, 4) is 5.75 Å². The van der Waals surface area contributed by atoms with E-state index in [1.807, 2.05) is 36.4 Å². The van der Waals surface area contributed by atoms with Crippen LogP contribution in [0.2, 0.25) is 0 Å². The second-order valence-electron chi connectivity index (χ2n) is 8.99. The number of ether oxygens (including phenoxy) is 1. The zero-order chi connectivity index (χ0) is 24.6. The van der Waals surface area contributed by atoms with Crippen LogP contribution in [0.3, 0.4) is 0 Å². The highest BCUT2D eigenvalue weighted by Gasteiger charge is 2.36. The minimum Gasteiger partial charge on any atom is -0.497 e. The van der Waals surface area contributed by atoms with Gasteiger partial charge < -0.3 is 20.3 Å². The van der Waals surface area contributed by atoms with E-state index in [1.54, 1.807) is 31.6 Å². The monoisotopic (exact) mass is 472 g/mol. The summed E-state index contributed by atoms with van der Waals surface area (Å²) in [6.07, 6.45) is 3.97. The number of nitrogens with zero attached hydrogens (tertiary/aromatic N) is 2. The molecule has 1 fully saturated rings.